The number of hydrogen-bond donors (Lipinski definition) is 2. The highest BCUT2D eigenvalue weighted by Gasteiger charge is 2.44. The minimum Gasteiger partial charge on any atom is -0.343 e. The van der Waals surface area contributed by atoms with Crippen LogP contribution < -0.4 is 10.0 Å². The van der Waals surface area contributed by atoms with Crippen LogP contribution in [-0.2, 0) is 24.1 Å². The molecule has 1 aliphatic carbocycles. The van der Waals surface area contributed by atoms with E-state index >= 15 is 0 Å². The fraction of sp³-hybridized carbons (Fsp3) is 0.867. The lowest BCUT2D eigenvalue weighted by Gasteiger charge is -2.23. The SMILES string of the molecule is CCCC(NC(=O)C1CCCN1C)C(=O)NS(=O)(=O)OC1(C)CC1. The molecule has 1 saturated heterocycles. The molecule has 2 aliphatic rings. The van der Waals surface area contributed by atoms with Gasteiger partial charge in [0.1, 0.15) is 6.04 Å². The van der Waals surface area contributed by atoms with Crippen molar-refractivity contribution in [2.45, 2.75) is 70.1 Å². The molecule has 1 aliphatic heterocycles. The Morgan fingerprint density at radius 1 is 1.38 bits per heavy atom. The van der Waals surface area contributed by atoms with Crippen LogP contribution in [0, 0.1) is 0 Å². The van der Waals surface area contributed by atoms with Crippen molar-refractivity contribution in [1.29, 1.82) is 0 Å². The lowest BCUT2D eigenvalue weighted by Crippen LogP contribution is -2.52. The number of amides is 2. The van der Waals surface area contributed by atoms with Crippen LogP contribution in [-0.4, -0.2) is 56.4 Å². The van der Waals surface area contributed by atoms with Gasteiger partial charge in [-0.2, -0.15) is 8.42 Å². The Labute approximate surface area is 143 Å². The van der Waals surface area contributed by atoms with Gasteiger partial charge in [0.2, 0.25) is 5.91 Å². The summed E-state index contributed by atoms with van der Waals surface area (Å²) in [5.41, 5.74) is -0.706. The van der Waals surface area contributed by atoms with Gasteiger partial charge in [0.05, 0.1) is 11.6 Å². The first-order chi connectivity index (χ1) is 11.2. The molecule has 8 nitrogen and oxygen atoms in total. The molecule has 2 unspecified atom stereocenters. The number of rotatable bonds is 8. The quantitative estimate of drug-likeness (QED) is 0.644. The molecule has 138 valence electrons. The second kappa shape index (κ2) is 7.37. The number of hydrogen-bond acceptors (Lipinski definition) is 6. The molecule has 0 aromatic carbocycles. The Kier molecular flexibility index (Phi) is 5.87. The predicted octanol–water partition coefficient (Wildman–Crippen LogP) is 0.296. The molecule has 9 heteroatoms. The number of nitrogens with one attached hydrogen (secondary N) is 2. The van der Waals surface area contributed by atoms with Crippen LogP contribution in [0.5, 0.6) is 0 Å². The van der Waals surface area contributed by atoms with Crippen LogP contribution in [0.2, 0.25) is 0 Å². The number of carbonyl (C=O) groups is 2. The number of likely N-dealkylation sites (N-methyl/N-ethyl adjacent to an activating group) is 1. The first kappa shape index (κ1) is 19.1. The van der Waals surface area contributed by atoms with Gasteiger partial charge in [0.25, 0.3) is 5.91 Å². The fourth-order valence-corrected chi connectivity index (χ4v) is 3.93. The second-order valence-electron chi connectivity index (χ2n) is 6.94. The van der Waals surface area contributed by atoms with E-state index in [1.807, 2.05) is 23.6 Å². The van der Waals surface area contributed by atoms with E-state index in [-0.39, 0.29) is 11.9 Å². The fourth-order valence-electron chi connectivity index (χ4n) is 2.81. The minimum absolute atomic E-state index is 0.240. The molecular formula is C15H27N3O5S. The molecule has 2 atom stereocenters. The third-order valence-corrected chi connectivity index (χ3v) is 5.60. The molecule has 0 bridgehead atoms. The van der Waals surface area contributed by atoms with Crippen LogP contribution in [0.25, 0.3) is 0 Å². The highest BCUT2D eigenvalue weighted by Crippen LogP contribution is 2.39. The molecule has 1 saturated carbocycles. The summed E-state index contributed by atoms with van der Waals surface area (Å²) in [5, 5.41) is 2.68. The van der Waals surface area contributed by atoms with Crippen molar-refractivity contribution in [1.82, 2.24) is 14.9 Å². The summed E-state index contributed by atoms with van der Waals surface area (Å²) in [6.07, 6.45) is 3.96. The zero-order valence-electron chi connectivity index (χ0n) is 14.5. The predicted molar refractivity (Wildman–Crippen MR) is 88.3 cm³/mol. The zero-order valence-corrected chi connectivity index (χ0v) is 15.3. The van der Waals surface area contributed by atoms with E-state index in [0.717, 1.165) is 19.4 Å². The summed E-state index contributed by atoms with van der Waals surface area (Å²) in [4.78, 5) is 26.6. The van der Waals surface area contributed by atoms with Crippen molar-refractivity contribution in [3.63, 3.8) is 0 Å². The largest absolute Gasteiger partial charge is 0.362 e. The van der Waals surface area contributed by atoms with Crippen molar-refractivity contribution >= 4 is 22.1 Å². The molecule has 0 aromatic rings. The van der Waals surface area contributed by atoms with Crippen LogP contribution in [0.1, 0.15) is 52.4 Å². The van der Waals surface area contributed by atoms with E-state index in [4.69, 9.17) is 4.18 Å². The Morgan fingerprint density at radius 3 is 2.54 bits per heavy atom. The van der Waals surface area contributed by atoms with Gasteiger partial charge >= 0.3 is 10.3 Å². The van der Waals surface area contributed by atoms with E-state index in [1.165, 1.54) is 0 Å². The maximum absolute atomic E-state index is 12.3. The van der Waals surface area contributed by atoms with E-state index < -0.39 is 27.9 Å². The summed E-state index contributed by atoms with van der Waals surface area (Å²) in [6.45, 7) is 4.38. The first-order valence-electron chi connectivity index (χ1n) is 8.43. The monoisotopic (exact) mass is 361 g/mol. The zero-order chi connectivity index (χ0) is 18.0. The first-order valence-corrected chi connectivity index (χ1v) is 9.84. The Morgan fingerprint density at radius 2 is 2.04 bits per heavy atom. The highest BCUT2D eigenvalue weighted by atomic mass is 32.2. The molecule has 2 rings (SSSR count). The summed E-state index contributed by atoms with van der Waals surface area (Å²) in [6, 6.07) is -1.16. The third-order valence-electron chi connectivity index (χ3n) is 4.52. The van der Waals surface area contributed by atoms with E-state index in [2.05, 4.69) is 5.32 Å². The average Bonchev–Trinajstić information content (AvgIpc) is 3.01. The van der Waals surface area contributed by atoms with E-state index in [0.29, 0.717) is 25.7 Å². The summed E-state index contributed by atoms with van der Waals surface area (Å²) >= 11 is 0. The Hall–Kier alpha value is -1.19. The van der Waals surface area contributed by atoms with Gasteiger partial charge in [0.15, 0.2) is 0 Å². The van der Waals surface area contributed by atoms with Gasteiger partial charge < -0.3 is 5.32 Å². The maximum Gasteiger partial charge on any atom is 0.362 e. The second-order valence-corrected chi connectivity index (χ2v) is 8.22. The number of nitrogens with zero attached hydrogens (tertiary/aromatic N) is 1. The third kappa shape index (κ3) is 5.15. The van der Waals surface area contributed by atoms with Gasteiger partial charge in [-0.3, -0.25) is 14.5 Å². The Balaban J connectivity index is 1.95. The van der Waals surface area contributed by atoms with Gasteiger partial charge in [-0.1, -0.05) is 13.3 Å². The summed E-state index contributed by atoms with van der Waals surface area (Å²) < 4.78 is 30.8. The summed E-state index contributed by atoms with van der Waals surface area (Å²) in [7, 11) is -2.30. The molecule has 0 aromatic heterocycles. The molecule has 2 amide bonds. The normalized spacial score (nSPS) is 24.4. The van der Waals surface area contributed by atoms with Crippen molar-refractivity contribution in [2.24, 2.45) is 0 Å². The average molecular weight is 361 g/mol. The van der Waals surface area contributed by atoms with Crippen LogP contribution >= 0.6 is 0 Å². The summed E-state index contributed by atoms with van der Waals surface area (Å²) in [5.74, 6) is -0.994. The van der Waals surface area contributed by atoms with Crippen LogP contribution in [0.3, 0.4) is 0 Å². The lowest BCUT2D eigenvalue weighted by molar-refractivity contribution is -0.130. The Bertz CT molecular complexity index is 588. The lowest BCUT2D eigenvalue weighted by atomic mass is 10.1. The van der Waals surface area contributed by atoms with Crippen LogP contribution in [0.15, 0.2) is 0 Å². The van der Waals surface area contributed by atoms with Crippen molar-refractivity contribution in [3.8, 4) is 0 Å². The van der Waals surface area contributed by atoms with Gasteiger partial charge in [-0.05, 0) is 52.6 Å². The van der Waals surface area contributed by atoms with Crippen LogP contribution in [0.4, 0.5) is 0 Å². The molecule has 2 N–H and O–H groups in total. The number of likely N-dealkylation sites (tertiary alicyclic amines) is 1. The highest BCUT2D eigenvalue weighted by molar-refractivity contribution is 7.85. The van der Waals surface area contributed by atoms with Crippen molar-refractivity contribution in [2.75, 3.05) is 13.6 Å². The van der Waals surface area contributed by atoms with Crippen molar-refractivity contribution < 1.29 is 22.2 Å². The standard InChI is InChI=1S/C15H27N3O5S/c1-4-6-11(16-14(20)12-7-5-10-18(12)3)13(19)17-24(21,22)23-15(2)8-9-15/h11-12H,4-10H2,1-3H3,(H,16,20)(H,17,19). The molecule has 2 fully saturated rings. The molecule has 0 radical (unpaired) electrons. The van der Waals surface area contributed by atoms with Gasteiger partial charge in [-0.25, -0.2) is 8.91 Å². The molecule has 1 heterocycles. The van der Waals surface area contributed by atoms with Gasteiger partial charge in [-0.15, -0.1) is 0 Å². The number of carbonyl (C=O) groups excluding carboxylic acids is 2. The maximum atomic E-state index is 12.3. The van der Waals surface area contributed by atoms with Gasteiger partial charge in [0, 0.05) is 0 Å². The molecular weight excluding hydrogens is 334 g/mol. The topological polar surface area (TPSA) is 105 Å². The minimum atomic E-state index is -4.17. The van der Waals surface area contributed by atoms with E-state index in [1.54, 1.807) is 6.92 Å². The van der Waals surface area contributed by atoms with Crippen molar-refractivity contribution in [3.05, 3.63) is 0 Å². The molecule has 0 spiro atoms. The molecule has 24 heavy (non-hydrogen) atoms. The smallest absolute Gasteiger partial charge is 0.343 e. The van der Waals surface area contributed by atoms with E-state index in [9.17, 15) is 18.0 Å².